The molecule has 0 bridgehead atoms. The number of aromatic amines is 3. The van der Waals surface area contributed by atoms with Crippen molar-refractivity contribution in [2.75, 3.05) is 0 Å². The van der Waals surface area contributed by atoms with E-state index in [1.54, 1.807) is 6.20 Å². The van der Waals surface area contributed by atoms with E-state index in [0.29, 0.717) is 17.3 Å². The van der Waals surface area contributed by atoms with Crippen LogP contribution in [0.1, 0.15) is 59.9 Å². The smallest absolute Gasteiger partial charge is 0.340 e. The molecule has 0 aromatic carbocycles. The maximum Gasteiger partial charge on any atom is 0.340 e. The molecule has 0 aliphatic heterocycles. The summed E-state index contributed by atoms with van der Waals surface area (Å²) in [7, 11) is 0. The normalized spacial score (nSPS) is 16.0. The minimum Gasteiger partial charge on any atom is -0.345 e. The van der Waals surface area contributed by atoms with Gasteiger partial charge in [0.2, 0.25) is 0 Å². The molecule has 3 rings (SSSR count). The number of aromatic nitrogens is 5. The van der Waals surface area contributed by atoms with Gasteiger partial charge in [-0.15, -0.1) is 0 Å². The number of nitrogens with zero attached hydrogens (tertiary/aromatic N) is 2. The van der Waals surface area contributed by atoms with Crippen LogP contribution in [0.5, 0.6) is 0 Å². The predicted octanol–water partition coefficient (Wildman–Crippen LogP) is 0.799. The average Bonchev–Trinajstić information content (AvgIpc) is 3.14. The van der Waals surface area contributed by atoms with E-state index in [9.17, 15) is 9.59 Å². The molecule has 0 spiro atoms. The number of amides is 1. The van der Waals surface area contributed by atoms with Crippen molar-refractivity contribution in [2.45, 2.75) is 44.6 Å². The Balaban J connectivity index is 1.67. The largest absolute Gasteiger partial charge is 0.345 e. The first-order valence-electron chi connectivity index (χ1n) is 7.19. The summed E-state index contributed by atoms with van der Waals surface area (Å²) >= 11 is 0. The fourth-order valence-electron chi connectivity index (χ4n) is 2.83. The Morgan fingerprint density at radius 3 is 2.81 bits per heavy atom. The van der Waals surface area contributed by atoms with Gasteiger partial charge in [0.25, 0.3) is 5.91 Å². The minimum absolute atomic E-state index is 0.173. The van der Waals surface area contributed by atoms with Gasteiger partial charge in [-0.05, 0) is 12.8 Å². The van der Waals surface area contributed by atoms with E-state index in [4.69, 9.17) is 0 Å². The van der Waals surface area contributed by atoms with Gasteiger partial charge in [-0.1, -0.05) is 19.3 Å². The van der Waals surface area contributed by atoms with Crippen LogP contribution in [0.25, 0.3) is 0 Å². The van der Waals surface area contributed by atoms with Crippen molar-refractivity contribution in [2.24, 2.45) is 0 Å². The Morgan fingerprint density at radius 2 is 2.10 bits per heavy atom. The Labute approximate surface area is 120 Å². The molecular formula is C13H18N6O2. The first-order chi connectivity index (χ1) is 10.2. The molecule has 2 heterocycles. The third kappa shape index (κ3) is 3.04. The number of rotatable bonds is 4. The Hall–Kier alpha value is -2.38. The van der Waals surface area contributed by atoms with Crippen LogP contribution < -0.4 is 11.0 Å². The lowest BCUT2D eigenvalue weighted by molar-refractivity contribution is 0.0948. The molecule has 0 radical (unpaired) electrons. The molecule has 0 unspecified atom stereocenters. The quantitative estimate of drug-likeness (QED) is 0.665. The van der Waals surface area contributed by atoms with Gasteiger partial charge in [0, 0.05) is 5.92 Å². The summed E-state index contributed by atoms with van der Waals surface area (Å²) in [5.74, 6) is 0.580. The molecule has 21 heavy (non-hydrogen) atoms. The molecule has 1 aliphatic rings. The Bertz CT molecular complexity index is 664. The van der Waals surface area contributed by atoms with Gasteiger partial charge >= 0.3 is 5.69 Å². The number of hydrogen-bond donors (Lipinski definition) is 4. The molecule has 1 saturated carbocycles. The minimum atomic E-state index is -0.384. The topological polar surface area (TPSA) is 119 Å². The molecule has 112 valence electrons. The van der Waals surface area contributed by atoms with Crippen LogP contribution in [0.15, 0.2) is 11.0 Å². The van der Waals surface area contributed by atoms with E-state index in [1.807, 2.05) is 0 Å². The first kappa shape index (κ1) is 13.6. The third-order valence-electron chi connectivity index (χ3n) is 3.89. The Kier molecular flexibility index (Phi) is 3.85. The van der Waals surface area contributed by atoms with Gasteiger partial charge < -0.3 is 5.32 Å². The summed E-state index contributed by atoms with van der Waals surface area (Å²) in [6.07, 6.45) is 7.40. The van der Waals surface area contributed by atoms with E-state index < -0.39 is 0 Å². The van der Waals surface area contributed by atoms with Crippen molar-refractivity contribution < 1.29 is 4.79 Å². The summed E-state index contributed by atoms with van der Waals surface area (Å²) in [5, 5.41) is 15.7. The number of carbonyl (C=O) groups is 1. The first-order valence-corrected chi connectivity index (χ1v) is 7.19. The van der Waals surface area contributed by atoms with Crippen molar-refractivity contribution in [3.63, 3.8) is 0 Å². The monoisotopic (exact) mass is 290 g/mol. The van der Waals surface area contributed by atoms with E-state index in [-0.39, 0.29) is 18.1 Å². The molecule has 0 saturated heterocycles. The number of nitrogens with one attached hydrogen (secondary N) is 4. The second kappa shape index (κ2) is 5.94. The van der Waals surface area contributed by atoms with Gasteiger partial charge in [0.15, 0.2) is 0 Å². The van der Waals surface area contributed by atoms with Crippen LogP contribution in [0, 0.1) is 0 Å². The lowest BCUT2D eigenvalue weighted by atomic mass is 9.85. The molecular weight excluding hydrogens is 272 g/mol. The summed E-state index contributed by atoms with van der Waals surface area (Å²) in [6, 6.07) is 0. The molecule has 4 N–H and O–H groups in total. The van der Waals surface area contributed by atoms with Gasteiger partial charge in [0.1, 0.15) is 5.82 Å². The Morgan fingerprint density at radius 1 is 1.29 bits per heavy atom. The molecule has 1 aliphatic carbocycles. The maximum absolute atomic E-state index is 12.2. The second-order valence-electron chi connectivity index (χ2n) is 5.34. The van der Waals surface area contributed by atoms with Crippen LogP contribution in [-0.2, 0) is 6.54 Å². The standard InChI is InChI=1S/C13H18N6O2/c20-12(14-7-10-16-13(21)19-17-10)9-6-15-18-11(9)8-4-2-1-3-5-8/h6,8H,1-5,7H2,(H,14,20)(H,15,18)(H2,16,17,19,21). The highest BCUT2D eigenvalue weighted by molar-refractivity contribution is 5.95. The molecule has 8 heteroatoms. The number of H-pyrrole nitrogens is 3. The molecule has 2 aromatic heterocycles. The van der Waals surface area contributed by atoms with E-state index in [0.717, 1.165) is 18.5 Å². The van der Waals surface area contributed by atoms with Crippen molar-refractivity contribution >= 4 is 5.91 Å². The summed E-state index contributed by atoms with van der Waals surface area (Å²) < 4.78 is 0. The summed E-state index contributed by atoms with van der Waals surface area (Å²) in [6.45, 7) is 0.173. The van der Waals surface area contributed by atoms with Gasteiger partial charge in [0.05, 0.1) is 24.0 Å². The highest BCUT2D eigenvalue weighted by Crippen LogP contribution is 2.33. The SMILES string of the molecule is O=C(NCc1n[nH]c(=O)[nH]1)c1cn[nH]c1C1CCCCC1. The van der Waals surface area contributed by atoms with E-state index >= 15 is 0 Å². The van der Waals surface area contributed by atoms with E-state index in [2.05, 4.69) is 30.7 Å². The fourth-order valence-corrected chi connectivity index (χ4v) is 2.83. The lowest BCUT2D eigenvalue weighted by Gasteiger charge is -2.21. The fraction of sp³-hybridized carbons (Fsp3) is 0.538. The summed E-state index contributed by atoms with van der Waals surface area (Å²) in [5.41, 5.74) is 1.12. The zero-order chi connectivity index (χ0) is 14.7. The zero-order valence-corrected chi connectivity index (χ0v) is 11.6. The average molecular weight is 290 g/mol. The zero-order valence-electron chi connectivity index (χ0n) is 11.6. The van der Waals surface area contributed by atoms with Gasteiger partial charge in [-0.3, -0.25) is 14.9 Å². The van der Waals surface area contributed by atoms with E-state index in [1.165, 1.54) is 19.3 Å². The second-order valence-corrected chi connectivity index (χ2v) is 5.34. The molecule has 1 fully saturated rings. The third-order valence-corrected chi connectivity index (χ3v) is 3.89. The molecule has 2 aromatic rings. The molecule has 1 amide bonds. The van der Waals surface area contributed by atoms with Crippen molar-refractivity contribution in [3.05, 3.63) is 33.8 Å². The van der Waals surface area contributed by atoms with Crippen LogP contribution in [0.3, 0.4) is 0 Å². The highest BCUT2D eigenvalue weighted by Gasteiger charge is 2.23. The van der Waals surface area contributed by atoms with Crippen molar-refractivity contribution in [1.29, 1.82) is 0 Å². The number of carbonyl (C=O) groups excluding carboxylic acids is 1. The molecule has 0 atom stereocenters. The van der Waals surface area contributed by atoms with Crippen molar-refractivity contribution in [1.82, 2.24) is 30.7 Å². The van der Waals surface area contributed by atoms with Crippen LogP contribution in [0.4, 0.5) is 0 Å². The number of hydrogen-bond acceptors (Lipinski definition) is 4. The van der Waals surface area contributed by atoms with Crippen LogP contribution >= 0.6 is 0 Å². The predicted molar refractivity (Wildman–Crippen MR) is 74.8 cm³/mol. The molecule has 8 nitrogen and oxygen atoms in total. The van der Waals surface area contributed by atoms with Crippen LogP contribution in [0.2, 0.25) is 0 Å². The lowest BCUT2D eigenvalue weighted by Crippen LogP contribution is -2.25. The summed E-state index contributed by atoms with van der Waals surface area (Å²) in [4.78, 5) is 25.7. The highest BCUT2D eigenvalue weighted by atomic mass is 16.2. The maximum atomic E-state index is 12.2. The van der Waals surface area contributed by atoms with Gasteiger partial charge in [-0.25, -0.2) is 9.89 Å². The van der Waals surface area contributed by atoms with Gasteiger partial charge in [-0.2, -0.15) is 10.2 Å². The van der Waals surface area contributed by atoms with Crippen molar-refractivity contribution in [3.8, 4) is 0 Å². The van der Waals surface area contributed by atoms with Crippen LogP contribution in [-0.4, -0.2) is 31.3 Å².